The van der Waals surface area contributed by atoms with Crippen LogP contribution in [-0.2, 0) is 32.7 Å². The van der Waals surface area contributed by atoms with Gasteiger partial charge < -0.3 is 56.1 Å². The number of hydrogen-bond acceptors (Lipinski definition) is 15. The van der Waals surface area contributed by atoms with E-state index in [1.54, 1.807) is 0 Å². The third-order valence-electron chi connectivity index (χ3n) is 6.20. The zero-order valence-corrected chi connectivity index (χ0v) is 21.8. The molecule has 2 aliphatic rings. The third-order valence-corrected chi connectivity index (χ3v) is 7.20. The van der Waals surface area contributed by atoms with Gasteiger partial charge in [-0.25, -0.2) is 18.7 Å². The van der Waals surface area contributed by atoms with Gasteiger partial charge in [0, 0.05) is 26.1 Å². The van der Waals surface area contributed by atoms with Gasteiger partial charge in [-0.1, -0.05) is 0 Å². The number of hydrogen-bond donors (Lipinski definition) is 9. The molecule has 1 amide bonds. The topological polar surface area (TPSA) is 303 Å². The molecule has 40 heavy (non-hydrogen) atoms. The number of nitrogens with one attached hydrogen (secondary N) is 1. The first kappa shape index (κ1) is 32.0. The monoisotopic (exact) mass is 598 g/mol. The van der Waals surface area contributed by atoms with Crippen molar-refractivity contribution in [2.24, 2.45) is 0 Å². The number of nitrogens with zero attached hydrogens (tertiary/aromatic N) is 2. The van der Waals surface area contributed by atoms with Crippen molar-refractivity contribution in [1.29, 1.82) is 0 Å². The molecule has 2 fully saturated rings. The molecule has 3 rings (SSSR count). The molecule has 2 aliphatic heterocycles. The molecule has 0 spiro atoms. The number of aromatic nitrogens is 2. The molecule has 1 aromatic heterocycles. The number of ether oxygens (including phenoxy) is 2. The first-order valence-corrected chi connectivity index (χ1v) is 13.3. The number of rotatable bonds is 11. The Morgan fingerprint density at radius 2 is 2.02 bits per heavy atom. The standard InChI is InChI=1S/C20H31N4O15P/c1-8(26)22-13-10(28)6-20(18(31)32,38-16(13)9(27)3-5-25)39-40(34,35)36-7-11-14(29)15(30)17(37-11)24-4-2-12(21)23-19(24)33/h2,4,9-11,13-17,25,27-30H,3,5-7H2,1H3,(H,22,26)(H,31,32)(H,34,35)(H2,21,23,33)/t9-,10+,11-,13-,14-,15-,16+,17-,20-/m1/s1. The minimum atomic E-state index is -5.44. The Labute approximate surface area is 225 Å². The van der Waals surface area contributed by atoms with Gasteiger partial charge >= 0.3 is 19.5 Å². The lowest BCUT2D eigenvalue weighted by molar-refractivity contribution is -0.283. The molecule has 20 heteroatoms. The maximum Gasteiger partial charge on any atom is 0.475 e. The third kappa shape index (κ3) is 7.01. The molecule has 226 valence electrons. The highest BCUT2D eigenvalue weighted by molar-refractivity contribution is 7.47. The van der Waals surface area contributed by atoms with Crippen LogP contribution in [-0.4, -0.2) is 119 Å². The Kier molecular flexibility index (Phi) is 10.0. The average Bonchev–Trinajstić information content (AvgIpc) is 3.12. The lowest BCUT2D eigenvalue weighted by Crippen LogP contribution is -2.66. The first-order chi connectivity index (χ1) is 18.6. The Balaban J connectivity index is 1.76. The second-order valence-corrected chi connectivity index (χ2v) is 10.5. The maximum absolute atomic E-state index is 12.8. The van der Waals surface area contributed by atoms with Crippen LogP contribution in [0, 0.1) is 0 Å². The average molecular weight is 598 g/mol. The lowest BCUT2D eigenvalue weighted by Gasteiger charge is -2.45. The SMILES string of the molecule is CC(=O)N[C@H]1[C@H]([C@H](O)CCO)O[C@](OP(=O)(O)OC[C@H]2O[C@@H](n3ccc(N)nc3=O)[C@H](O)[C@@H]2O)(C(=O)O)C[C@@H]1O. The minimum Gasteiger partial charge on any atom is -0.477 e. The van der Waals surface area contributed by atoms with E-state index in [4.69, 9.17) is 29.4 Å². The van der Waals surface area contributed by atoms with Gasteiger partial charge in [0.25, 0.3) is 5.79 Å². The fraction of sp³-hybridized carbons (Fsp3) is 0.700. The molecule has 1 unspecified atom stereocenters. The van der Waals surface area contributed by atoms with Gasteiger partial charge in [-0.05, 0) is 12.5 Å². The van der Waals surface area contributed by atoms with Gasteiger partial charge in [-0.2, -0.15) is 4.98 Å². The van der Waals surface area contributed by atoms with Gasteiger partial charge in [-0.3, -0.25) is 13.9 Å². The van der Waals surface area contributed by atoms with E-state index in [1.165, 1.54) is 6.07 Å². The van der Waals surface area contributed by atoms with Crippen LogP contribution in [0.3, 0.4) is 0 Å². The Morgan fingerprint density at radius 3 is 2.60 bits per heavy atom. The van der Waals surface area contributed by atoms with Gasteiger partial charge in [0.05, 0.1) is 24.9 Å². The van der Waals surface area contributed by atoms with Crippen molar-refractivity contribution >= 4 is 25.5 Å². The molecule has 0 aliphatic carbocycles. The summed E-state index contributed by atoms with van der Waals surface area (Å²) in [6.45, 7) is -0.487. The number of nitrogen functional groups attached to an aromatic ring is 1. The highest BCUT2D eigenvalue weighted by atomic mass is 31.2. The van der Waals surface area contributed by atoms with E-state index in [1.807, 2.05) is 0 Å². The van der Waals surface area contributed by atoms with Crippen LogP contribution in [0.25, 0.3) is 0 Å². The van der Waals surface area contributed by atoms with E-state index >= 15 is 0 Å². The number of carboxylic acid groups (broad SMARTS) is 1. The predicted molar refractivity (Wildman–Crippen MR) is 127 cm³/mol. The second-order valence-electron chi connectivity index (χ2n) is 9.16. The highest BCUT2D eigenvalue weighted by Gasteiger charge is 2.58. The molecule has 0 saturated carbocycles. The molecule has 1 aromatic rings. The number of carbonyl (C=O) groups excluding carboxylic acids is 1. The number of anilines is 1. The van der Waals surface area contributed by atoms with Gasteiger partial charge in [0.1, 0.15) is 30.2 Å². The van der Waals surface area contributed by atoms with Crippen LogP contribution in [0.1, 0.15) is 26.0 Å². The summed E-state index contributed by atoms with van der Waals surface area (Å²) in [5.41, 5.74) is 4.49. The number of aliphatic hydroxyl groups excluding tert-OH is 5. The van der Waals surface area contributed by atoms with Crippen molar-refractivity contribution in [3.8, 4) is 0 Å². The van der Waals surface area contributed by atoms with Crippen LogP contribution in [0.5, 0.6) is 0 Å². The van der Waals surface area contributed by atoms with E-state index in [9.17, 15) is 49.4 Å². The molecule has 10 atom stereocenters. The normalized spacial score (nSPS) is 34.6. The predicted octanol–water partition coefficient (Wildman–Crippen LogP) is -4.24. The number of amides is 1. The van der Waals surface area contributed by atoms with Crippen molar-refractivity contribution in [2.75, 3.05) is 18.9 Å². The molecular weight excluding hydrogens is 567 g/mol. The molecule has 0 bridgehead atoms. The van der Waals surface area contributed by atoms with E-state index in [0.717, 1.165) is 17.7 Å². The fourth-order valence-corrected chi connectivity index (χ4v) is 5.28. The number of aliphatic hydroxyl groups is 5. The zero-order valence-electron chi connectivity index (χ0n) is 20.9. The second kappa shape index (κ2) is 12.5. The molecule has 19 nitrogen and oxygen atoms in total. The summed E-state index contributed by atoms with van der Waals surface area (Å²) in [4.78, 5) is 49.6. The molecule has 2 saturated heterocycles. The van der Waals surface area contributed by atoms with E-state index in [2.05, 4.69) is 10.3 Å². The van der Waals surface area contributed by atoms with Crippen LogP contribution in [0.15, 0.2) is 17.1 Å². The van der Waals surface area contributed by atoms with Crippen molar-refractivity contribution in [3.63, 3.8) is 0 Å². The van der Waals surface area contributed by atoms with E-state index in [-0.39, 0.29) is 12.2 Å². The summed E-state index contributed by atoms with van der Waals surface area (Å²) in [5, 5.41) is 62.9. The van der Waals surface area contributed by atoms with Crippen molar-refractivity contribution < 1.29 is 68.2 Å². The maximum atomic E-state index is 12.8. The molecule has 0 radical (unpaired) electrons. The number of carbonyl (C=O) groups is 2. The van der Waals surface area contributed by atoms with E-state index in [0.29, 0.717) is 0 Å². The Bertz CT molecular complexity index is 1180. The Morgan fingerprint density at radius 1 is 1.35 bits per heavy atom. The summed E-state index contributed by atoms with van der Waals surface area (Å²) in [6.07, 6.45) is -11.9. The van der Waals surface area contributed by atoms with Crippen molar-refractivity contribution in [3.05, 3.63) is 22.7 Å². The molecule has 3 heterocycles. The zero-order chi connectivity index (χ0) is 30.0. The smallest absolute Gasteiger partial charge is 0.475 e. The number of phosphoric ester groups is 1. The van der Waals surface area contributed by atoms with Crippen LogP contribution in [0.4, 0.5) is 5.82 Å². The van der Waals surface area contributed by atoms with E-state index < -0.39 is 99.7 Å². The van der Waals surface area contributed by atoms with Crippen LogP contribution >= 0.6 is 7.82 Å². The minimum absolute atomic E-state index is 0.121. The van der Waals surface area contributed by atoms with Gasteiger partial charge in [0.15, 0.2) is 6.23 Å². The summed E-state index contributed by atoms with van der Waals surface area (Å²) >= 11 is 0. The van der Waals surface area contributed by atoms with Gasteiger partial charge in [0.2, 0.25) is 5.91 Å². The summed E-state index contributed by atoms with van der Waals surface area (Å²) < 4.78 is 33.9. The number of carboxylic acids is 1. The molecule has 10 N–H and O–H groups in total. The summed E-state index contributed by atoms with van der Waals surface area (Å²) in [6, 6.07) is -0.171. The number of nitrogens with two attached hydrogens (primary N) is 1. The van der Waals surface area contributed by atoms with Crippen molar-refractivity contribution in [1.82, 2.24) is 14.9 Å². The van der Waals surface area contributed by atoms with Crippen molar-refractivity contribution in [2.45, 2.75) is 74.4 Å². The number of aliphatic carboxylic acids is 1. The largest absolute Gasteiger partial charge is 0.477 e. The fourth-order valence-electron chi connectivity index (χ4n) is 4.32. The molecule has 0 aromatic carbocycles. The lowest BCUT2D eigenvalue weighted by atomic mass is 9.89. The summed E-state index contributed by atoms with van der Waals surface area (Å²) in [7, 11) is -5.44. The number of phosphoric acid groups is 1. The first-order valence-electron chi connectivity index (χ1n) is 11.8. The van der Waals surface area contributed by atoms with Crippen LogP contribution < -0.4 is 16.7 Å². The van der Waals surface area contributed by atoms with Gasteiger partial charge in [-0.15, -0.1) is 0 Å². The Hall–Kier alpha value is -2.55. The summed E-state index contributed by atoms with van der Waals surface area (Å²) in [5.74, 6) is -5.89. The quantitative estimate of drug-likeness (QED) is 0.109. The highest BCUT2D eigenvalue weighted by Crippen LogP contribution is 2.51. The van der Waals surface area contributed by atoms with Crippen LogP contribution in [0.2, 0.25) is 0 Å². The molecular formula is C20H31N4O15P.